The van der Waals surface area contributed by atoms with Gasteiger partial charge in [0.1, 0.15) is 5.82 Å². The van der Waals surface area contributed by atoms with Crippen molar-refractivity contribution in [1.29, 1.82) is 0 Å². The van der Waals surface area contributed by atoms with E-state index in [0.29, 0.717) is 11.4 Å². The minimum absolute atomic E-state index is 0.217. The number of amides is 1. The average Bonchev–Trinajstić information content (AvgIpc) is 2.18. The van der Waals surface area contributed by atoms with Crippen LogP contribution < -0.4 is 10.8 Å². The topological polar surface area (TPSA) is 63.2 Å². The zero-order valence-electron chi connectivity index (χ0n) is 9.07. The molecule has 0 aliphatic carbocycles. The molecule has 1 rings (SSSR count). The highest BCUT2D eigenvalue weighted by Crippen LogP contribution is 2.12. The Labute approximate surface area is 88.8 Å². The summed E-state index contributed by atoms with van der Waals surface area (Å²) >= 11 is 0. The summed E-state index contributed by atoms with van der Waals surface area (Å²) < 4.78 is 0. The van der Waals surface area contributed by atoms with Gasteiger partial charge in [-0.3, -0.25) is 9.63 Å². The van der Waals surface area contributed by atoms with E-state index in [0.717, 1.165) is 0 Å². The number of pyridine rings is 1. The fourth-order valence-corrected chi connectivity index (χ4v) is 1.12. The maximum absolute atomic E-state index is 11.5. The van der Waals surface area contributed by atoms with E-state index in [9.17, 15) is 4.79 Å². The van der Waals surface area contributed by atoms with Gasteiger partial charge in [0.25, 0.3) is 5.91 Å². The van der Waals surface area contributed by atoms with Gasteiger partial charge < -0.3 is 5.32 Å². The summed E-state index contributed by atoms with van der Waals surface area (Å²) in [6.07, 6.45) is 1.63. The highest BCUT2D eigenvalue weighted by Gasteiger charge is 2.11. The molecule has 0 unspecified atom stereocenters. The van der Waals surface area contributed by atoms with Gasteiger partial charge >= 0.3 is 0 Å². The van der Waals surface area contributed by atoms with E-state index >= 15 is 0 Å². The van der Waals surface area contributed by atoms with Crippen LogP contribution in [0.2, 0.25) is 0 Å². The molecule has 5 heteroatoms. The minimum Gasteiger partial charge on any atom is -0.367 e. The molecule has 0 bridgehead atoms. The maximum Gasteiger partial charge on any atom is 0.278 e. The number of carbonyl (C=O) groups is 1. The van der Waals surface area contributed by atoms with E-state index in [-0.39, 0.29) is 11.9 Å². The predicted molar refractivity (Wildman–Crippen MR) is 57.5 cm³/mol. The molecule has 0 radical (unpaired) electrons. The second kappa shape index (κ2) is 5.31. The zero-order valence-corrected chi connectivity index (χ0v) is 9.07. The van der Waals surface area contributed by atoms with Gasteiger partial charge in [0.15, 0.2) is 0 Å². The molecule has 1 aromatic heterocycles. The van der Waals surface area contributed by atoms with Crippen LogP contribution >= 0.6 is 0 Å². The van der Waals surface area contributed by atoms with Gasteiger partial charge in [-0.1, -0.05) is 0 Å². The van der Waals surface area contributed by atoms with Crippen LogP contribution in [-0.4, -0.2) is 24.0 Å². The first kappa shape index (κ1) is 11.5. The van der Waals surface area contributed by atoms with Crippen LogP contribution in [0.1, 0.15) is 24.2 Å². The van der Waals surface area contributed by atoms with Crippen molar-refractivity contribution in [3.05, 3.63) is 23.9 Å². The lowest BCUT2D eigenvalue weighted by Gasteiger charge is -2.12. The second-order valence-corrected chi connectivity index (χ2v) is 3.33. The first-order chi connectivity index (χ1) is 7.15. The maximum atomic E-state index is 11.5. The van der Waals surface area contributed by atoms with E-state index in [1.165, 1.54) is 7.11 Å². The van der Waals surface area contributed by atoms with Crippen molar-refractivity contribution in [2.45, 2.75) is 19.9 Å². The summed E-state index contributed by atoms with van der Waals surface area (Å²) in [4.78, 5) is 20.2. The Hall–Kier alpha value is -1.62. The van der Waals surface area contributed by atoms with Gasteiger partial charge in [-0.25, -0.2) is 10.5 Å². The Morgan fingerprint density at radius 1 is 1.53 bits per heavy atom. The summed E-state index contributed by atoms with van der Waals surface area (Å²) in [6.45, 7) is 3.96. The summed E-state index contributed by atoms with van der Waals surface area (Å²) in [5.41, 5.74) is 2.72. The zero-order chi connectivity index (χ0) is 11.3. The lowest BCUT2D eigenvalue weighted by atomic mass is 10.2. The molecule has 0 aliphatic rings. The molecule has 5 nitrogen and oxygen atoms in total. The largest absolute Gasteiger partial charge is 0.367 e. The number of rotatable bonds is 4. The lowest BCUT2D eigenvalue weighted by Crippen LogP contribution is -2.24. The Kier molecular flexibility index (Phi) is 4.05. The van der Waals surface area contributed by atoms with Gasteiger partial charge in [-0.2, -0.15) is 0 Å². The molecule has 0 aliphatic heterocycles. The number of hydrogen-bond donors (Lipinski definition) is 2. The van der Waals surface area contributed by atoms with E-state index in [1.807, 2.05) is 13.8 Å². The SMILES string of the molecule is CONC(=O)c1cccnc1NC(C)C. The molecule has 82 valence electrons. The van der Waals surface area contributed by atoms with Crippen molar-refractivity contribution >= 4 is 11.7 Å². The summed E-state index contributed by atoms with van der Waals surface area (Å²) in [7, 11) is 1.39. The number of hydrogen-bond acceptors (Lipinski definition) is 4. The van der Waals surface area contributed by atoms with Crippen LogP contribution in [0, 0.1) is 0 Å². The standard InChI is InChI=1S/C10H15N3O2/c1-7(2)12-9-8(5-4-6-11-9)10(14)13-15-3/h4-7H,1-3H3,(H,11,12)(H,13,14). The minimum atomic E-state index is -0.311. The van der Waals surface area contributed by atoms with Crippen LogP contribution in [0.3, 0.4) is 0 Å². The quantitative estimate of drug-likeness (QED) is 0.731. The number of anilines is 1. The molecule has 2 N–H and O–H groups in total. The third kappa shape index (κ3) is 3.21. The molecule has 0 spiro atoms. The van der Waals surface area contributed by atoms with E-state index in [4.69, 9.17) is 0 Å². The third-order valence-electron chi connectivity index (χ3n) is 1.67. The summed E-state index contributed by atoms with van der Waals surface area (Å²) in [5.74, 6) is 0.246. The number of nitrogens with one attached hydrogen (secondary N) is 2. The molecular weight excluding hydrogens is 194 g/mol. The summed E-state index contributed by atoms with van der Waals surface area (Å²) in [6, 6.07) is 3.61. The summed E-state index contributed by atoms with van der Waals surface area (Å²) in [5, 5.41) is 3.09. The van der Waals surface area contributed by atoms with Crippen LogP contribution in [0.15, 0.2) is 18.3 Å². The second-order valence-electron chi connectivity index (χ2n) is 3.33. The number of hydroxylamine groups is 1. The highest BCUT2D eigenvalue weighted by atomic mass is 16.6. The molecule has 0 fully saturated rings. The van der Waals surface area contributed by atoms with Gasteiger partial charge in [0, 0.05) is 12.2 Å². The first-order valence-corrected chi connectivity index (χ1v) is 4.70. The van der Waals surface area contributed by atoms with Crippen molar-refractivity contribution in [3.8, 4) is 0 Å². The van der Waals surface area contributed by atoms with E-state index in [2.05, 4.69) is 20.6 Å². The number of nitrogens with zero attached hydrogens (tertiary/aromatic N) is 1. The smallest absolute Gasteiger partial charge is 0.278 e. The third-order valence-corrected chi connectivity index (χ3v) is 1.67. The predicted octanol–water partition coefficient (Wildman–Crippen LogP) is 1.19. The van der Waals surface area contributed by atoms with Gasteiger partial charge in [-0.15, -0.1) is 0 Å². The molecule has 1 heterocycles. The van der Waals surface area contributed by atoms with Gasteiger partial charge in [-0.05, 0) is 26.0 Å². The fraction of sp³-hybridized carbons (Fsp3) is 0.400. The van der Waals surface area contributed by atoms with Crippen molar-refractivity contribution in [2.75, 3.05) is 12.4 Å². The van der Waals surface area contributed by atoms with Gasteiger partial charge in [0.2, 0.25) is 0 Å². The molecule has 0 saturated heterocycles. The highest BCUT2D eigenvalue weighted by molar-refractivity contribution is 5.98. The number of carbonyl (C=O) groups excluding carboxylic acids is 1. The monoisotopic (exact) mass is 209 g/mol. The molecule has 1 amide bonds. The first-order valence-electron chi connectivity index (χ1n) is 4.70. The fourth-order valence-electron chi connectivity index (χ4n) is 1.12. The van der Waals surface area contributed by atoms with Crippen LogP contribution in [0.25, 0.3) is 0 Å². The molecule has 1 aromatic rings. The van der Waals surface area contributed by atoms with Gasteiger partial charge in [0.05, 0.1) is 12.7 Å². The lowest BCUT2D eigenvalue weighted by molar-refractivity contribution is 0.0538. The van der Waals surface area contributed by atoms with Crippen LogP contribution in [0.4, 0.5) is 5.82 Å². The van der Waals surface area contributed by atoms with Crippen molar-refractivity contribution in [2.24, 2.45) is 0 Å². The Morgan fingerprint density at radius 2 is 2.27 bits per heavy atom. The van der Waals surface area contributed by atoms with E-state index in [1.54, 1.807) is 18.3 Å². The Morgan fingerprint density at radius 3 is 2.87 bits per heavy atom. The van der Waals surface area contributed by atoms with Crippen LogP contribution in [0.5, 0.6) is 0 Å². The molecule has 0 aromatic carbocycles. The van der Waals surface area contributed by atoms with Crippen molar-refractivity contribution < 1.29 is 9.63 Å². The average molecular weight is 209 g/mol. The Balaban J connectivity index is 2.90. The van der Waals surface area contributed by atoms with Crippen LogP contribution in [-0.2, 0) is 4.84 Å². The number of aromatic nitrogens is 1. The molecule has 15 heavy (non-hydrogen) atoms. The Bertz CT molecular complexity index is 339. The molecule has 0 saturated carbocycles. The van der Waals surface area contributed by atoms with E-state index < -0.39 is 0 Å². The normalized spacial score (nSPS) is 10.1. The van der Waals surface area contributed by atoms with Crippen molar-refractivity contribution in [3.63, 3.8) is 0 Å². The van der Waals surface area contributed by atoms with Crippen molar-refractivity contribution in [1.82, 2.24) is 10.5 Å². The molecular formula is C10H15N3O2. The molecule has 0 atom stereocenters.